The van der Waals surface area contributed by atoms with Crippen molar-refractivity contribution in [2.75, 3.05) is 41.3 Å². The van der Waals surface area contributed by atoms with Crippen LogP contribution in [-0.4, -0.2) is 95.1 Å². The first-order valence-electron chi connectivity index (χ1n) is 14.4. The van der Waals surface area contributed by atoms with Crippen LogP contribution < -0.4 is 0 Å². The molecular formula is C27H24F16O15S5. The van der Waals surface area contributed by atoms with Gasteiger partial charge < -0.3 is 0 Å². The Morgan fingerprint density at radius 2 is 0.762 bits per heavy atom. The molecule has 0 amide bonds. The van der Waals surface area contributed by atoms with Gasteiger partial charge in [0.25, 0.3) is 30.4 Å². The lowest BCUT2D eigenvalue weighted by Crippen LogP contribution is -2.23. The average molecular weight is 1050 g/mol. The maximum absolute atomic E-state index is 13.0. The number of alkyl halides is 6. The van der Waals surface area contributed by atoms with Crippen molar-refractivity contribution in [2.24, 2.45) is 0 Å². The van der Waals surface area contributed by atoms with Gasteiger partial charge >= 0.3 is 31.9 Å². The van der Waals surface area contributed by atoms with Crippen LogP contribution in [0.25, 0.3) is 0 Å². The fraction of sp³-hybridized carbons (Fsp3) is 0.333. The standard InChI is InChI=1S/C8H5F5O3S.C7H3F5O3S.C7H8O3S.C3H5F3O3S.C2H3F3O3S/c1-16-17(14,15)2-3-4(9)6(11)8(13)7(12)5(3)10;1-15-16(13,14)7-5(11)3(9)2(8)4(10)6(7)12;1-10-11(8,9)7-5-3-2-4-6-7;1-9-10(7,8)2-3(4,5)6;1-8-9(6,7)2(3,4)5/h2H2,1H3;1H3;2-6H,1H3;2H2,1H3;1H3. The monoisotopic (exact) mass is 1050 g/mol. The first kappa shape index (κ1) is 61.2. The maximum Gasteiger partial charge on any atom is 0.523 e. The molecule has 0 aliphatic heterocycles. The first-order chi connectivity index (χ1) is 28.2. The summed E-state index contributed by atoms with van der Waals surface area (Å²) in [5.41, 5.74) is -6.76. The van der Waals surface area contributed by atoms with E-state index in [1.165, 1.54) is 12.1 Å². The molecule has 0 aromatic heterocycles. The lowest BCUT2D eigenvalue weighted by atomic mass is 10.2. The van der Waals surface area contributed by atoms with E-state index in [-0.39, 0.29) is 4.90 Å². The fourth-order valence-corrected chi connectivity index (χ4v) is 5.84. The van der Waals surface area contributed by atoms with Crippen molar-refractivity contribution >= 4 is 50.6 Å². The zero-order valence-corrected chi connectivity index (χ0v) is 35.1. The quantitative estimate of drug-likeness (QED) is 0.0794. The van der Waals surface area contributed by atoms with Crippen LogP contribution >= 0.6 is 0 Å². The topological polar surface area (TPSA) is 217 Å². The van der Waals surface area contributed by atoms with E-state index >= 15 is 0 Å². The highest BCUT2D eigenvalue weighted by atomic mass is 32.2. The SMILES string of the molecule is COS(=O)(=O)C(F)(F)F.COS(=O)(=O)CC(F)(F)F.COS(=O)(=O)Cc1c(F)c(F)c(F)c(F)c1F.COS(=O)(=O)c1c(F)c(F)c(F)c(F)c1F.COS(=O)(=O)c1ccccc1. The molecule has 15 nitrogen and oxygen atoms in total. The molecule has 0 N–H and O–H groups in total. The van der Waals surface area contributed by atoms with Gasteiger partial charge in [-0.3, -0.25) is 20.9 Å². The third-order valence-corrected chi connectivity index (χ3v) is 11.8. The van der Waals surface area contributed by atoms with Crippen LogP contribution in [0.3, 0.4) is 0 Å². The molecular weight excluding hydrogens is 1030 g/mol. The van der Waals surface area contributed by atoms with Crippen LogP contribution in [0.5, 0.6) is 0 Å². The number of hydrogen-bond donors (Lipinski definition) is 0. The number of halogens is 16. The van der Waals surface area contributed by atoms with Crippen LogP contribution in [0.4, 0.5) is 70.2 Å². The van der Waals surface area contributed by atoms with Crippen LogP contribution in [0.1, 0.15) is 5.56 Å². The van der Waals surface area contributed by atoms with E-state index in [9.17, 15) is 112 Å². The van der Waals surface area contributed by atoms with E-state index in [4.69, 9.17) is 0 Å². The predicted molar refractivity (Wildman–Crippen MR) is 176 cm³/mol. The zero-order chi connectivity index (χ0) is 50.5. The molecule has 63 heavy (non-hydrogen) atoms. The van der Waals surface area contributed by atoms with E-state index in [1.54, 1.807) is 18.2 Å². The molecule has 0 fully saturated rings. The third kappa shape index (κ3) is 18.6. The van der Waals surface area contributed by atoms with Crippen molar-refractivity contribution < 1.29 is 133 Å². The van der Waals surface area contributed by atoms with E-state index < -0.39 is 142 Å². The summed E-state index contributed by atoms with van der Waals surface area (Å²) < 4.78 is 318. The molecule has 0 atom stereocenters. The summed E-state index contributed by atoms with van der Waals surface area (Å²) >= 11 is 0. The van der Waals surface area contributed by atoms with E-state index in [1.807, 2.05) is 0 Å². The molecule has 0 heterocycles. The lowest BCUT2D eigenvalue weighted by molar-refractivity contribution is -0.107. The molecule has 0 radical (unpaired) electrons. The number of hydrogen-bond acceptors (Lipinski definition) is 15. The molecule has 0 aliphatic rings. The van der Waals surface area contributed by atoms with Crippen molar-refractivity contribution in [3.63, 3.8) is 0 Å². The first-order valence-corrected chi connectivity index (χ1v) is 21.8. The normalized spacial score (nSPS) is 12.3. The number of benzene rings is 3. The molecule has 0 aliphatic carbocycles. The fourth-order valence-electron chi connectivity index (χ4n) is 2.94. The summed E-state index contributed by atoms with van der Waals surface area (Å²) in [6, 6.07) is 8.00. The van der Waals surface area contributed by atoms with Gasteiger partial charge in [0.15, 0.2) is 57.2 Å². The second-order valence-corrected chi connectivity index (χ2v) is 18.5. The van der Waals surface area contributed by atoms with Crippen LogP contribution in [0.2, 0.25) is 0 Å². The Kier molecular flexibility index (Phi) is 23.2. The molecule has 0 unspecified atom stereocenters. The van der Waals surface area contributed by atoms with E-state index in [0.29, 0.717) is 28.4 Å². The Balaban J connectivity index is 0. The maximum atomic E-state index is 13.0. The average Bonchev–Trinajstić information content (AvgIpc) is 3.19. The van der Waals surface area contributed by atoms with Gasteiger partial charge in [0.2, 0.25) is 11.6 Å². The highest BCUT2D eigenvalue weighted by molar-refractivity contribution is 7.88. The van der Waals surface area contributed by atoms with Gasteiger partial charge in [0.05, 0.1) is 40.4 Å². The molecule has 3 aromatic rings. The smallest absolute Gasteiger partial charge is 0.273 e. The minimum Gasteiger partial charge on any atom is -0.273 e. The van der Waals surface area contributed by atoms with Crippen molar-refractivity contribution in [1.29, 1.82) is 0 Å². The molecule has 0 bridgehead atoms. The zero-order valence-electron chi connectivity index (χ0n) is 31.0. The van der Waals surface area contributed by atoms with Crippen LogP contribution in [-0.2, 0) is 77.3 Å². The van der Waals surface area contributed by atoms with E-state index in [0.717, 1.165) is 7.11 Å². The molecule has 3 rings (SSSR count). The van der Waals surface area contributed by atoms with Gasteiger partial charge in [-0.25, -0.2) is 43.9 Å². The predicted octanol–water partition coefficient (Wildman–Crippen LogP) is 5.60. The van der Waals surface area contributed by atoms with Crippen molar-refractivity contribution in [3.8, 4) is 0 Å². The minimum atomic E-state index is -5.34. The molecule has 36 heteroatoms. The van der Waals surface area contributed by atoms with Crippen molar-refractivity contribution in [3.05, 3.63) is 94.1 Å². The van der Waals surface area contributed by atoms with Gasteiger partial charge in [-0.2, -0.15) is 68.4 Å². The van der Waals surface area contributed by atoms with Gasteiger partial charge in [-0.05, 0) is 12.1 Å². The molecule has 0 saturated carbocycles. The van der Waals surface area contributed by atoms with Gasteiger partial charge in [-0.15, -0.1) is 0 Å². The summed E-state index contributed by atoms with van der Waals surface area (Å²) in [7, 11) is -19.2. The second-order valence-electron chi connectivity index (χ2n) is 9.92. The highest BCUT2D eigenvalue weighted by Crippen LogP contribution is 2.28. The Morgan fingerprint density at radius 1 is 0.429 bits per heavy atom. The van der Waals surface area contributed by atoms with Crippen molar-refractivity contribution in [1.82, 2.24) is 0 Å². The van der Waals surface area contributed by atoms with E-state index in [2.05, 4.69) is 20.9 Å². The Bertz CT molecular complexity index is 2530. The minimum absolute atomic E-state index is 0.183. The molecule has 0 saturated heterocycles. The Labute approximate surface area is 345 Å². The molecule has 0 spiro atoms. The summed E-state index contributed by atoms with van der Waals surface area (Å²) in [6.07, 6.45) is -4.73. The number of rotatable bonds is 10. The lowest BCUT2D eigenvalue weighted by Gasteiger charge is -2.07. The van der Waals surface area contributed by atoms with Crippen LogP contribution in [0, 0.1) is 58.2 Å². The highest BCUT2D eigenvalue weighted by Gasteiger charge is 2.46. The summed E-state index contributed by atoms with van der Waals surface area (Å²) in [4.78, 5) is -1.83. The third-order valence-electron chi connectivity index (χ3n) is 5.86. The molecule has 3 aromatic carbocycles. The van der Waals surface area contributed by atoms with Gasteiger partial charge in [0.1, 0.15) is 5.75 Å². The largest absolute Gasteiger partial charge is 0.523 e. The van der Waals surface area contributed by atoms with Gasteiger partial charge in [0, 0.05) is 5.56 Å². The Hall–Kier alpha value is -3.91. The summed E-state index contributed by atoms with van der Waals surface area (Å²) in [5.74, 6) is -26.6. The second kappa shape index (κ2) is 23.9. The van der Waals surface area contributed by atoms with Crippen molar-refractivity contribution in [2.45, 2.75) is 27.2 Å². The summed E-state index contributed by atoms with van der Waals surface area (Å²) in [5, 5.41) is 0. The van der Waals surface area contributed by atoms with Gasteiger partial charge in [-0.1, -0.05) is 18.2 Å². The summed E-state index contributed by atoms with van der Waals surface area (Å²) in [6.45, 7) is 0. The van der Waals surface area contributed by atoms with Crippen LogP contribution in [0.15, 0.2) is 40.1 Å². The Morgan fingerprint density at radius 3 is 1.02 bits per heavy atom. The molecule has 364 valence electrons.